The minimum Gasteiger partial charge on any atom is -0.497 e. The predicted molar refractivity (Wildman–Crippen MR) is 134 cm³/mol. The van der Waals surface area contributed by atoms with Crippen molar-refractivity contribution in [3.63, 3.8) is 0 Å². The standard InChI is InChI=1S/C26H25ClFN3O2.ClH/c1-32-18-6-7-22-16(11-18)3-2-4-21(17-5-8-23(27)24(28)12-17)25(22)26-30-14-20(15-31-26)33-19-9-10-29-13-19;/h5-8,11-12,14-15,19,29H,2-4,9-10,13H2,1H3;1H. The van der Waals surface area contributed by atoms with Crippen LogP contribution in [0.1, 0.15) is 41.8 Å². The molecule has 1 unspecified atom stereocenters. The number of hydrogen-bond acceptors (Lipinski definition) is 5. The number of allylic oxidation sites excluding steroid dienone is 1. The summed E-state index contributed by atoms with van der Waals surface area (Å²) in [6.45, 7) is 1.78. The van der Waals surface area contributed by atoms with E-state index in [1.807, 2.05) is 18.2 Å². The van der Waals surface area contributed by atoms with Gasteiger partial charge in [0.15, 0.2) is 11.6 Å². The van der Waals surface area contributed by atoms with Crippen molar-refractivity contribution in [3.05, 3.63) is 82.1 Å². The van der Waals surface area contributed by atoms with Crippen LogP contribution in [0.2, 0.25) is 5.02 Å². The Balaban J connectivity index is 0.00000274. The number of ether oxygens (including phenoxy) is 2. The first kappa shape index (κ1) is 24.5. The molecule has 34 heavy (non-hydrogen) atoms. The molecule has 0 saturated carbocycles. The van der Waals surface area contributed by atoms with Gasteiger partial charge < -0.3 is 14.8 Å². The number of fused-ring (bicyclic) bond motifs is 1. The highest BCUT2D eigenvalue weighted by molar-refractivity contribution is 6.30. The lowest BCUT2D eigenvalue weighted by Gasteiger charge is -2.17. The number of aryl methyl sites for hydroxylation is 1. The minimum absolute atomic E-state index is 0. The number of nitrogens with one attached hydrogen (secondary N) is 1. The van der Waals surface area contributed by atoms with Gasteiger partial charge in [-0.05, 0) is 78.8 Å². The van der Waals surface area contributed by atoms with Gasteiger partial charge in [-0.1, -0.05) is 23.7 Å². The van der Waals surface area contributed by atoms with E-state index < -0.39 is 5.82 Å². The van der Waals surface area contributed by atoms with Crippen LogP contribution in [0.25, 0.3) is 11.1 Å². The Labute approximate surface area is 209 Å². The third kappa shape index (κ3) is 5.04. The Hall–Kier alpha value is -2.67. The van der Waals surface area contributed by atoms with Gasteiger partial charge in [0.2, 0.25) is 0 Å². The molecule has 2 aliphatic rings. The van der Waals surface area contributed by atoms with E-state index in [-0.39, 0.29) is 23.5 Å². The van der Waals surface area contributed by atoms with Crippen molar-refractivity contribution in [2.75, 3.05) is 20.2 Å². The van der Waals surface area contributed by atoms with Gasteiger partial charge in [-0.25, -0.2) is 14.4 Å². The summed E-state index contributed by atoms with van der Waals surface area (Å²) in [6, 6.07) is 11.0. The number of methoxy groups -OCH3 is 1. The van der Waals surface area contributed by atoms with E-state index in [1.54, 1.807) is 25.6 Å². The van der Waals surface area contributed by atoms with E-state index in [0.29, 0.717) is 11.6 Å². The topological polar surface area (TPSA) is 56.3 Å². The van der Waals surface area contributed by atoms with E-state index in [1.165, 1.54) is 6.07 Å². The predicted octanol–water partition coefficient (Wildman–Crippen LogP) is 5.74. The normalized spacial score (nSPS) is 17.6. The van der Waals surface area contributed by atoms with Gasteiger partial charge in [0.25, 0.3) is 0 Å². The lowest BCUT2D eigenvalue weighted by molar-refractivity contribution is 0.221. The first-order valence-electron chi connectivity index (χ1n) is 11.2. The maximum atomic E-state index is 14.4. The van der Waals surface area contributed by atoms with Crippen LogP contribution in [0.4, 0.5) is 4.39 Å². The molecule has 1 aliphatic heterocycles. The van der Waals surface area contributed by atoms with Crippen molar-refractivity contribution in [1.29, 1.82) is 0 Å². The van der Waals surface area contributed by atoms with Gasteiger partial charge in [-0.3, -0.25) is 0 Å². The van der Waals surface area contributed by atoms with Crippen molar-refractivity contribution in [2.24, 2.45) is 0 Å². The Morgan fingerprint density at radius 3 is 2.59 bits per heavy atom. The average molecular weight is 502 g/mol. The maximum absolute atomic E-state index is 14.4. The molecule has 2 aromatic carbocycles. The Bertz CT molecular complexity index is 1200. The van der Waals surface area contributed by atoms with E-state index in [4.69, 9.17) is 21.1 Å². The first-order chi connectivity index (χ1) is 16.1. The number of rotatable bonds is 5. The highest BCUT2D eigenvalue weighted by Crippen LogP contribution is 2.40. The molecule has 1 aromatic heterocycles. The highest BCUT2D eigenvalue weighted by Gasteiger charge is 2.23. The zero-order valence-corrected chi connectivity index (χ0v) is 20.4. The van der Waals surface area contributed by atoms with Crippen molar-refractivity contribution in [2.45, 2.75) is 31.8 Å². The molecule has 1 aliphatic carbocycles. The van der Waals surface area contributed by atoms with E-state index >= 15 is 0 Å². The molecule has 8 heteroatoms. The summed E-state index contributed by atoms with van der Waals surface area (Å²) < 4.78 is 25.8. The number of hydrogen-bond donors (Lipinski definition) is 1. The van der Waals surface area contributed by atoms with Gasteiger partial charge in [0.1, 0.15) is 17.7 Å². The van der Waals surface area contributed by atoms with Gasteiger partial charge in [-0.15, -0.1) is 12.4 Å². The molecule has 0 bridgehead atoms. The molecule has 0 spiro atoms. The summed E-state index contributed by atoms with van der Waals surface area (Å²) in [5, 5.41) is 3.40. The SMILES string of the molecule is COc1ccc2c(c1)CCCC(c1ccc(Cl)c(F)c1)=C2c1ncc(OC2CCNC2)cn1.Cl. The Morgan fingerprint density at radius 1 is 1.06 bits per heavy atom. The second-order valence-corrected chi connectivity index (χ2v) is 8.74. The molecule has 5 rings (SSSR count). The number of halogens is 3. The van der Waals surface area contributed by atoms with Gasteiger partial charge >= 0.3 is 0 Å². The largest absolute Gasteiger partial charge is 0.497 e. The summed E-state index contributed by atoms with van der Waals surface area (Å²) in [5.41, 5.74) is 4.89. The summed E-state index contributed by atoms with van der Waals surface area (Å²) in [6.07, 6.45) is 7.11. The van der Waals surface area contributed by atoms with Crippen molar-refractivity contribution < 1.29 is 13.9 Å². The third-order valence-corrected chi connectivity index (χ3v) is 6.50. The molecule has 1 fully saturated rings. The van der Waals surface area contributed by atoms with Crippen LogP contribution in [0, 0.1) is 5.82 Å². The van der Waals surface area contributed by atoms with Crippen LogP contribution < -0.4 is 14.8 Å². The van der Waals surface area contributed by atoms with Crippen LogP contribution >= 0.6 is 24.0 Å². The van der Waals surface area contributed by atoms with Gasteiger partial charge in [0.05, 0.1) is 24.5 Å². The number of aromatic nitrogens is 2. The summed E-state index contributed by atoms with van der Waals surface area (Å²) in [4.78, 5) is 9.36. The summed E-state index contributed by atoms with van der Waals surface area (Å²) in [5.74, 6) is 1.61. The molecular formula is C26H26Cl2FN3O2. The second-order valence-electron chi connectivity index (χ2n) is 8.33. The van der Waals surface area contributed by atoms with Crippen LogP contribution in [-0.2, 0) is 6.42 Å². The maximum Gasteiger partial charge on any atom is 0.160 e. The monoisotopic (exact) mass is 501 g/mol. The Kier molecular flexibility index (Phi) is 7.71. The van der Waals surface area contributed by atoms with Gasteiger partial charge in [0, 0.05) is 12.1 Å². The number of nitrogens with zero attached hydrogens (tertiary/aromatic N) is 2. The third-order valence-electron chi connectivity index (χ3n) is 6.19. The molecule has 5 nitrogen and oxygen atoms in total. The van der Waals surface area contributed by atoms with Crippen molar-refractivity contribution in [3.8, 4) is 11.5 Å². The fourth-order valence-corrected chi connectivity index (χ4v) is 4.66. The molecule has 178 valence electrons. The molecular weight excluding hydrogens is 476 g/mol. The van der Waals surface area contributed by atoms with E-state index in [0.717, 1.165) is 72.4 Å². The lowest BCUT2D eigenvalue weighted by atomic mass is 9.91. The first-order valence-corrected chi connectivity index (χ1v) is 11.6. The van der Waals surface area contributed by atoms with Crippen molar-refractivity contribution >= 4 is 35.2 Å². The zero-order chi connectivity index (χ0) is 22.8. The van der Waals surface area contributed by atoms with Crippen LogP contribution in [0.15, 0.2) is 48.8 Å². The van der Waals surface area contributed by atoms with Crippen LogP contribution in [0.5, 0.6) is 11.5 Å². The number of benzene rings is 2. The summed E-state index contributed by atoms with van der Waals surface area (Å²) in [7, 11) is 1.67. The van der Waals surface area contributed by atoms with Crippen molar-refractivity contribution in [1.82, 2.24) is 15.3 Å². The van der Waals surface area contributed by atoms with Crippen LogP contribution in [-0.4, -0.2) is 36.3 Å². The second kappa shape index (κ2) is 10.7. The highest BCUT2D eigenvalue weighted by atomic mass is 35.5. The molecule has 0 radical (unpaired) electrons. The molecule has 1 saturated heterocycles. The molecule has 2 heterocycles. The van der Waals surface area contributed by atoms with Crippen LogP contribution in [0.3, 0.4) is 0 Å². The smallest absolute Gasteiger partial charge is 0.160 e. The van der Waals surface area contributed by atoms with E-state index in [2.05, 4.69) is 21.4 Å². The zero-order valence-electron chi connectivity index (χ0n) is 18.8. The molecule has 1 atom stereocenters. The quantitative estimate of drug-likeness (QED) is 0.483. The molecule has 3 aromatic rings. The van der Waals surface area contributed by atoms with E-state index in [9.17, 15) is 4.39 Å². The fourth-order valence-electron chi connectivity index (χ4n) is 4.55. The molecule has 0 amide bonds. The lowest BCUT2D eigenvalue weighted by Crippen LogP contribution is -2.19. The average Bonchev–Trinajstić information content (AvgIpc) is 3.27. The Morgan fingerprint density at radius 2 is 1.88 bits per heavy atom. The minimum atomic E-state index is -0.435. The summed E-state index contributed by atoms with van der Waals surface area (Å²) >= 11 is 5.96. The molecule has 1 N–H and O–H groups in total. The van der Waals surface area contributed by atoms with Gasteiger partial charge in [-0.2, -0.15) is 0 Å². The fraction of sp³-hybridized carbons (Fsp3) is 0.308.